The molecular formula is C13H13NO5S2. The maximum absolute atomic E-state index is 12.2. The van der Waals surface area contributed by atoms with Crippen molar-refractivity contribution in [2.75, 3.05) is 6.61 Å². The Kier molecular flexibility index (Phi) is 4.73. The molecule has 1 unspecified atom stereocenters. The van der Waals surface area contributed by atoms with Gasteiger partial charge >= 0.3 is 5.97 Å². The highest BCUT2D eigenvalue weighted by Crippen LogP contribution is 2.22. The van der Waals surface area contributed by atoms with Crippen LogP contribution in [0.5, 0.6) is 0 Å². The van der Waals surface area contributed by atoms with Gasteiger partial charge in [-0.2, -0.15) is 0 Å². The molecular weight excluding hydrogens is 314 g/mol. The van der Waals surface area contributed by atoms with Gasteiger partial charge in [-0.3, -0.25) is 0 Å². The number of sulfonamides is 1. The third kappa shape index (κ3) is 3.67. The Balaban J connectivity index is 2.25. The zero-order chi connectivity index (χ0) is 15.5. The summed E-state index contributed by atoms with van der Waals surface area (Å²) in [5.41, 5.74) is 0.622. The number of rotatable bonds is 6. The van der Waals surface area contributed by atoms with Crippen molar-refractivity contribution in [1.29, 1.82) is 0 Å². The lowest BCUT2D eigenvalue weighted by atomic mass is 10.1. The van der Waals surface area contributed by atoms with Crippen LogP contribution >= 0.6 is 11.3 Å². The summed E-state index contributed by atoms with van der Waals surface area (Å²) < 4.78 is 26.8. The second kappa shape index (κ2) is 6.35. The molecule has 3 N–H and O–H groups in total. The van der Waals surface area contributed by atoms with Crippen molar-refractivity contribution >= 4 is 27.3 Å². The normalized spacial score (nSPS) is 13.0. The number of aliphatic hydroxyl groups is 1. The summed E-state index contributed by atoms with van der Waals surface area (Å²) in [6, 6.07) is 8.95. The minimum absolute atomic E-state index is 0.0596. The average Bonchev–Trinajstić information content (AvgIpc) is 2.96. The SMILES string of the molecule is O=C(O)c1cc(S(=O)(=O)NC(CO)c2ccccc2)cs1. The molecule has 6 nitrogen and oxygen atoms in total. The predicted octanol–water partition coefficient (Wildman–Crippen LogP) is 1.46. The van der Waals surface area contributed by atoms with Gasteiger partial charge in [0.25, 0.3) is 0 Å². The van der Waals surface area contributed by atoms with E-state index in [2.05, 4.69) is 4.72 Å². The second-order valence-electron chi connectivity index (χ2n) is 4.22. The zero-order valence-corrected chi connectivity index (χ0v) is 12.4. The van der Waals surface area contributed by atoms with E-state index in [1.165, 1.54) is 5.38 Å². The van der Waals surface area contributed by atoms with Crippen LogP contribution in [0, 0.1) is 0 Å². The number of nitrogens with one attached hydrogen (secondary N) is 1. The maximum atomic E-state index is 12.2. The topological polar surface area (TPSA) is 104 Å². The molecule has 1 atom stereocenters. The highest BCUT2D eigenvalue weighted by Gasteiger charge is 2.23. The molecule has 2 rings (SSSR count). The van der Waals surface area contributed by atoms with Crippen molar-refractivity contribution in [2.45, 2.75) is 10.9 Å². The first-order valence-corrected chi connectivity index (χ1v) is 8.30. The second-order valence-corrected chi connectivity index (χ2v) is 6.84. The van der Waals surface area contributed by atoms with Crippen molar-refractivity contribution in [3.63, 3.8) is 0 Å². The highest BCUT2D eigenvalue weighted by molar-refractivity contribution is 7.89. The monoisotopic (exact) mass is 327 g/mol. The summed E-state index contributed by atoms with van der Waals surface area (Å²) >= 11 is 0.834. The van der Waals surface area contributed by atoms with Gasteiger partial charge in [-0.25, -0.2) is 17.9 Å². The third-order valence-corrected chi connectivity index (χ3v) is 5.30. The Labute approximate surface area is 125 Å². The van der Waals surface area contributed by atoms with Crippen LogP contribution in [0.25, 0.3) is 0 Å². The van der Waals surface area contributed by atoms with Gasteiger partial charge < -0.3 is 10.2 Å². The zero-order valence-electron chi connectivity index (χ0n) is 10.8. The largest absolute Gasteiger partial charge is 0.477 e. The van der Waals surface area contributed by atoms with E-state index >= 15 is 0 Å². The number of aromatic carboxylic acids is 1. The lowest BCUT2D eigenvalue weighted by molar-refractivity contribution is 0.0702. The van der Waals surface area contributed by atoms with Gasteiger partial charge in [-0.05, 0) is 11.6 Å². The number of carbonyl (C=O) groups is 1. The molecule has 1 aromatic heterocycles. The van der Waals surface area contributed by atoms with Crippen molar-refractivity contribution in [1.82, 2.24) is 4.72 Å². The summed E-state index contributed by atoms with van der Waals surface area (Å²) in [5.74, 6) is -1.18. The van der Waals surface area contributed by atoms with Gasteiger partial charge in [0.15, 0.2) is 0 Å². The van der Waals surface area contributed by atoms with Crippen molar-refractivity contribution in [2.24, 2.45) is 0 Å². The maximum Gasteiger partial charge on any atom is 0.345 e. The Bertz CT molecular complexity index is 724. The first kappa shape index (κ1) is 15.6. The minimum atomic E-state index is -3.90. The van der Waals surface area contributed by atoms with Crippen molar-refractivity contribution in [3.8, 4) is 0 Å². The molecule has 0 fully saturated rings. The smallest absolute Gasteiger partial charge is 0.345 e. The van der Waals surface area contributed by atoms with Crippen LogP contribution in [-0.4, -0.2) is 31.2 Å². The first-order chi connectivity index (χ1) is 9.94. The molecule has 0 bridgehead atoms. The van der Waals surface area contributed by atoms with Gasteiger partial charge in [-0.1, -0.05) is 30.3 Å². The van der Waals surface area contributed by atoms with E-state index in [1.54, 1.807) is 30.3 Å². The molecule has 0 spiro atoms. The fourth-order valence-corrected chi connectivity index (χ4v) is 4.05. The number of aliphatic hydroxyl groups excluding tert-OH is 1. The van der Waals surface area contributed by atoms with Gasteiger partial charge in [0.2, 0.25) is 10.0 Å². The molecule has 0 aliphatic heterocycles. The van der Waals surface area contributed by atoms with Crippen LogP contribution in [-0.2, 0) is 10.0 Å². The van der Waals surface area contributed by atoms with Crippen molar-refractivity contribution < 1.29 is 23.4 Å². The van der Waals surface area contributed by atoms with E-state index < -0.39 is 28.6 Å². The standard InChI is InChI=1S/C13H13NO5S2/c15-7-11(9-4-2-1-3-5-9)14-21(18,19)10-6-12(13(16)17)20-8-10/h1-6,8,11,14-15H,7H2,(H,16,17). The van der Waals surface area contributed by atoms with Gasteiger partial charge in [0.05, 0.1) is 17.5 Å². The quantitative estimate of drug-likeness (QED) is 0.745. The van der Waals surface area contributed by atoms with Crippen LogP contribution in [0.3, 0.4) is 0 Å². The first-order valence-electron chi connectivity index (χ1n) is 5.94. The molecule has 1 heterocycles. The number of benzene rings is 1. The summed E-state index contributed by atoms with van der Waals surface area (Å²) in [6.45, 7) is -0.404. The number of hydrogen-bond acceptors (Lipinski definition) is 5. The van der Waals surface area contributed by atoms with E-state index in [9.17, 15) is 18.3 Å². The third-order valence-electron chi connectivity index (χ3n) is 2.78. The Morgan fingerprint density at radius 2 is 1.95 bits per heavy atom. The van der Waals surface area contributed by atoms with Gasteiger partial charge in [0.1, 0.15) is 4.88 Å². The van der Waals surface area contributed by atoms with Crippen LogP contribution in [0.4, 0.5) is 0 Å². The van der Waals surface area contributed by atoms with E-state index in [0.717, 1.165) is 17.4 Å². The van der Waals surface area contributed by atoms with Crippen molar-refractivity contribution in [3.05, 3.63) is 52.2 Å². The molecule has 0 aliphatic carbocycles. The van der Waals surface area contributed by atoms with Crippen LogP contribution < -0.4 is 4.72 Å². The lowest BCUT2D eigenvalue weighted by Gasteiger charge is -2.16. The number of hydrogen-bond donors (Lipinski definition) is 3. The van der Waals surface area contributed by atoms with Gasteiger partial charge in [-0.15, -0.1) is 11.3 Å². The molecule has 0 aliphatic rings. The minimum Gasteiger partial charge on any atom is -0.477 e. The molecule has 0 radical (unpaired) electrons. The highest BCUT2D eigenvalue weighted by atomic mass is 32.2. The number of carboxylic acid groups (broad SMARTS) is 1. The lowest BCUT2D eigenvalue weighted by Crippen LogP contribution is -2.30. The van der Waals surface area contributed by atoms with Crippen LogP contribution in [0.2, 0.25) is 0 Å². The van der Waals surface area contributed by atoms with Gasteiger partial charge in [0, 0.05) is 5.38 Å². The number of carboxylic acids is 1. The fourth-order valence-electron chi connectivity index (χ4n) is 1.72. The Hall–Kier alpha value is -1.74. The Morgan fingerprint density at radius 1 is 1.29 bits per heavy atom. The fraction of sp³-hybridized carbons (Fsp3) is 0.154. The predicted molar refractivity (Wildman–Crippen MR) is 77.9 cm³/mol. The molecule has 0 saturated heterocycles. The van der Waals surface area contributed by atoms with E-state index in [4.69, 9.17) is 5.11 Å². The van der Waals surface area contributed by atoms with Crippen LogP contribution in [0.15, 0.2) is 46.7 Å². The molecule has 21 heavy (non-hydrogen) atoms. The molecule has 112 valence electrons. The molecule has 0 saturated carbocycles. The molecule has 8 heteroatoms. The van der Waals surface area contributed by atoms with Crippen LogP contribution in [0.1, 0.15) is 21.3 Å². The van der Waals surface area contributed by atoms with E-state index in [1.807, 2.05) is 0 Å². The van der Waals surface area contributed by atoms with E-state index in [-0.39, 0.29) is 9.77 Å². The summed E-state index contributed by atoms with van der Waals surface area (Å²) in [7, 11) is -3.90. The Morgan fingerprint density at radius 3 is 2.48 bits per heavy atom. The summed E-state index contributed by atoms with van der Waals surface area (Å²) in [4.78, 5) is 10.6. The summed E-state index contributed by atoms with van der Waals surface area (Å²) in [6.07, 6.45) is 0. The van der Waals surface area contributed by atoms with E-state index in [0.29, 0.717) is 5.56 Å². The molecule has 1 aromatic carbocycles. The number of thiophene rings is 1. The molecule has 2 aromatic rings. The molecule has 0 amide bonds. The average molecular weight is 327 g/mol. The summed E-state index contributed by atoms with van der Waals surface area (Å²) in [5, 5.41) is 19.4.